The summed E-state index contributed by atoms with van der Waals surface area (Å²) >= 11 is 0.954. The second-order valence-electron chi connectivity index (χ2n) is 11.4. The first-order valence-electron chi connectivity index (χ1n) is 15.0. The number of carboxylic acid groups (broad SMARTS) is 1. The van der Waals surface area contributed by atoms with Crippen LogP contribution in [0.25, 0.3) is 11.3 Å². The van der Waals surface area contributed by atoms with Crippen molar-refractivity contribution in [1.29, 1.82) is 0 Å². The van der Waals surface area contributed by atoms with Gasteiger partial charge < -0.3 is 46.3 Å². The fourth-order valence-electron chi connectivity index (χ4n) is 4.83. The maximum absolute atomic E-state index is 13.3. The molecule has 0 saturated carbocycles. The van der Waals surface area contributed by atoms with Crippen molar-refractivity contribution in [2.24, 2.45) is 28.7 Å². The Labute approximate surface area is 290 Å². The summed E-state index contributed by atoms with van der Waals surface area (Å²) in [5, 5.41) is 17.7. The molecule has 1 saturated heterocycles. The number of anilines is 1. The van der Waals surface area contributed by atoms with Gasteiger partial charge in [0.1, 0.15) is 24.1 Å². The van der Waals surface area contributed by atoms with E-state index >= 15 is 0 Å². The van der Waals surface area contributed by atoms with Gasteiger partial charge in [0.15, 0.2) is 10.8 Å². The van der Waals surface area contributed by atoms with Crippen LogP contribution in [0, 0.1) is 0 Å². The van der Waals surface area contributed by atoms with Gasteiger partial charge in [-0.2, -0.15) is 13.5 Å². The number of aliphatic carboxylic acids is 1. The third-order valence-corrected chi connectivity index (χ3v) is 8.39. The number of hydrogen-bond donors (Lipinski definition) is 6. The van der Waals surface area contributed by atoms with Crippen molar-refractivity contribution in [2.75, 3.05) is 32.0 Å². The molecule has 272 valence electrons. The summed E-state index contributed by atoms with van der Waals surface area (Å²) in [6.07, 6.45) is 1.02. The monoisotopic (exact) mass is 738 g/mol. The van der Waals surface area contributed by atoms with Gasteiger partial charge in [-0.3, -0.25) is 19.1 Å². The normalized spacial score (nSPS) is 17.0. The number of oxime groups is 1. The number of thiazole rings is 1. The number of nitrogens with zero attached hydrogens (tertiary/aromatic N) is 6. The molecule has 0 spiro atoms. The van der Waals surface area contributed by atoms with Crippen LogP contribution in [0.2, 0.25) is 0 Å². The summed E-state index contributed by atoms with van der Waals surface area (Å²) in [6.45, 7) is 4.26. The number of carbonyl (C=O) groups excluding carboxylic acids is 2. The van der Waals surface area contributed by atoms with E-state index in [1.807, 2.05) is 22.4 Å². The van der Waals surface area contributed by atoms with Crippen molar-refractivity contribution < 1.29 is 46.3 Å². The highest BCUT2D eigenvalue weighted by Crippen LogP contribution is 2.33. The van der Waals surface area contributed by atoms with Gasteiger partial charge in [0.25, 0.3) is 17.9 Å². The number of carbonyl (C=O) groups is 3. The number of hydroxylamine groups is 2. The van der Waals surface area contributed by atoms with Crippen LogP contribution in [-0.2, 0) is 47.5 Å². The number of aromatic nitrogens is 3. The molecular weight excluding hydrogens is 701 g/mol. The van der Waals surface area contributed by atoms with E-state index in [4.69, 9.17) is 31.3 Å². The van der Waals surface area contributed by atoms with Gasteiger partial charge in [0.05, 0.1) is 17.8 Å². The summed E-state index contributed by atoms with van der Waals surface area (Å²) in [6, 6.07) is 5.54. The third-order valence-electron chi connectivity index (χ3n) is 7.38. The minimum Gasteiger partial charge on any atom is -0.489 e. The van der Waals surface area contributed by atoms with Crippen LogP contribution >= 0.6 is 11.3 Å². The molecule has 0 aliphatic carbocycles. The quantitative estimate of drug-likeness (QED) is 0.0412. The molecule has 1 aliphatic rings. The molecule has 3 heterocycles. The van der Waals surface area contributed by atoms with E-state index in [9.17, 15) is 27.9 Å². The highest BCUT2D eigenvalue weighted by Gasteiger charge is 2.58. The number of aryl methyl sites for hydroxylation is 1. The third kappa shape index (κ3) is 8.83. The Hall–Kier alpha value is -4.87. The number of ether oxygens (including phenoxy) is 1. The lowest BCUT2D eigenvalue weighted by Gasteiger charge is -2.50. The van der Waals surface area contributed by atoms with Gasteiger partial charge in [-0.25, -0.2) is 9.78 Å². The molecule has 9 N–H and O–H groups in total. The lowest BCUT2D eigenvalue weighted by atomic mass is 9.84. The number of β-lactam (4-membered cyclic amide) rings is 1. The zero-order chi connectivity index (χ0) is 36.8. The van der Waals surface area contributed by atoms with Crippen LogP contribution in [0.3, 0.4) is 0 Å². The molecule has 20 nitrogen and oxygen atoms in total. The van der Waals surface area contributed by atoms with Gasteiger partial charge >= 0.3 is 16.4 Å². The molecule has 22 heteroatoms. The fraction of sp³-hybridized carbons (Fsp3) is 0.429. The van der Waals surface area contributed by atoms with E-state index in [1.54, 1.807) is 24.3 Å². The van der Waals surface area contributed by atoms with E-state index in [2.05, 4.69) is 24.7 Å². The smallest absolute Gasteiger partial charge is 0.418 e. The summed E-state index contributed by atoms with van der Waals surface area (Å²) in [7, 11) is -3.14. The van der Waals surface area contributed by atoms with Crippen molar-refractivity contribution in [3.63, 3.8) is 0 Å². The number of rotatable bonds is 17. The Morgan fingerprint density at radius 3 is 2.46 bits per heavy atom. The summed E-state index contributed by atoms with van der Waals surface area (Å²) in [5.41, 5.74) is 17.4. The Kier molecular flexibility index (Phi) is 12.0. The van der Waals surface area contributed by atoms with Crippen LogP contribution < -0.4 is 32.9 Å². The van der Waals surface area contributed by atoms with E-state index in [0.717, 1.165) is 34.6 Å². The molecule has 1 aromatic carbocycles. The van der Waals surface area contributed by atoms with E-state index < -0.39 is 58.2 Å². The van der Waals surface area contributed by atoms with Gasteiger partial charge in [-0.15, -0.1) is 15.6 Å². The van der Waals surface area contributed by atoms with E-state index in [1.165, 1.54) is 19.2 Å². The molecule has 2 atom stereocenters. The van der Waals surface area contributed by atoms with Gasteiger partial charge in [0.2, 0.25) is 5.62 Å². The topological polar surface area (TPSA) is 294 Å². The number of carboxylic acids is 1. The Morgan fingerprint density at radius 2 is 1.90 bits per heavy atom. The molecule has 3 aromatic rings. The van der Waals surface area contributed by atoms with Crippen molar-refractivity contribution in [1.82, 2.24) is 24.5 Å². The maximum atomic E-state index is 13.3. The average Bonchev–Trinajstić information content (AvgIpc) is 3.63. The second kappa shape index (κ2) is 15.8. The summed E-state index contributed by atoms with van der Waals surface area (Å²) < 4.78 is 45.1. The number of nitrogens with one attached hydrogen (secondary N) is 1. The molecule has 50 heavy (non-hydrogen) atoms. The van der Waals surface area contributed by atoms with Crippen LogP contribution in [0.4, 0.5) is 5.13 Å². The molecular formula is C28H38N10O10S2. The lowest BCUT2D eigenvalue weighted by molar-refractivity contribution is -0.218. The van der Waals surface area contributed by atoms with Crippen LogP contribution in [0.5, 0.6) is 5.75 Å². The molecule has 1 unspecified atom stereocenters. The summed E-state index contributed by atoms with van der Waals surface area (Å²) in [4.78, 5) is 51.6. The van der Waals surface area contributed by atoms with Gasteiger partial charge in [-0.1, -0.05) is 5.16 Å². The highest BCUT2D eigenvalue weighted by molar-refractivity contribution is 7.80. The molecule has 2 aromatic heterocycles. The number of amides is 2. The Balaban J connectivity index is 1.48. The fourth-order valence-corrected chi connectivity index (χ4v) is 5.83. The van der Waals surface area contributed by atoms with Crippen molar-refractivity contribution in [3.05, 3.63) is 47.2 Å². The zero-order valence-corrected chi connectivity index (χ0v) is 28.9. The SMILES string of the molecule is Cn1c(-c2ccc(OC[C@H](O/N=C(\C(=O)NC3C(=O)N(OS(=O)(=O)O)C3(C)C)c3csc(N)n3)C(=O)O)cc2)cn(CCCN)/c1=N\CCN. The second-order valence-corrected chi connectivity index (χ2v) is 13.2. The van der Waals surface area contributed by atoms with E-state index in [0.29, 0.717) is 37.0 Å². The molecule has 4 rings (SSSR count). The number of benzene rings is 1. The van der Waals surface area contributed by atoms with E-state index in [-0.39, 0.29) is 10.8 Å². The first-order valence-corrected chi connectivity index (χ1v) is 17.2. The number of nitrogen functional groups attached to an aromatic ring is 1. The van der Waals surface area contributed by atoms with Gasteiger partial charge in [0, 0.05) is 31.7 Å². The molecule has 0 radical (unpaired) electrons. The largest absolute Gasteiger partial charge is 0.489 e. The minimum absolute atomic E-state index is 0.0525. The van der Waals surface area contributed by atoms with Crippen LogP contribution in [-0.4, -0.2) is 105 Å². The predicted molar refractivity (Wildman–Crippen MR) is 179 cm³/mol. The highest BCUT2D eigenvalue weighted by atomic mass is 32.3. The first kappa shape index (κ1) is 37.9. The van der Waals surface area contributed by atoms with Crippen LogP contribution in [0.1, 0.15) is 26.0 Å². The first-order chi connectivity index (χ1) is 23.6. The maximum Gasteiger partial charge on any atom is 0.418 e. The van der Waals surface area contributed by atoms with Crippen LogP contribution in [0.15, 0.2) is 46.0 Å². The number of hydrogen-bond acceptors (Lipinski definition) is 15. The van der Waals surface area contributed by atoms with Crippen molar-refractivity contribution in [3.8, 4) is 17.0 Å². The Morgan fingerprint density at radius 1 is 1.20 bits per heavy atom. The average molecular weight is 739 g/mol. The molecule has 1 aliphatic heterocycles. The number of imidazole rings is 1. The molecule has 0 bridgehead atoms. The predicted octanol–water partition coefficient (Wildman–Crippen LogP) is -1.17. The zero-order valence-electron chi connectivity index (χ0n) is 27.3. The number of nitrogens with two attached hydrogens (primary N) is 3. The Bertz CT molecular complexity index is 1920. The molecule has 2 amide bonds. The lowest BCUT2D eigenvalue weighted by Crippen LogP contribution is -2.76. The minimum atomic E-state index is -5.03. The molecule has 1 fully saturated rings. The summed E-state index contributed by atoms with van der Waals surface area (Å²) in [5.74, 6) is -3.17. The standard InChI is InChI=1S/C28H38N10O10S2/c1-28(2)22(24(40)38(28)48-50(43,44)45)34-23(39)21(18-15-49-26(31)33-18)35-47-20(25(41)42)14-46-17-7-5-16(6-8-17)19-13-37(12-4-9-29)27(36(19)3)32-11-10-30/h5-8,13,15,20,22H,4,9-12,14,29-30H2,1-3H3,(H2,31,33)(H,34,39)(H,41,42)(H,43,44,45)/b32-27-,35-21-/t20-,22?/m0/s1. The van der Waals surface area contributed by atoms with Crippen molar-refractivity contribution in [2.45, 2.75) is 44.5 Å². The van der Waals surface area contributed by atoms with Gasteiger partial charge in [-0.05, 0) is 56.6 Å². The van der Waals surface area contributed by atoms with Crippen molar-refractivity contribution >= 4 is 50.4 Å².